The van der Waals surface area contributed by atoms with Crippen molar-refractivity contribution in [2.24, 2.45) is 11.8 Å². The summed E-state index contributed by atoms with van der Waals surface area (Å²) in [6.45, 7) is 0. The summed E-state index contributed by atoms with van der Waals surface area (Å²) in [4.78, 5) is 0. The maximum Gasteiger partial charge on any atom is 0.0232 e. The first-order valence-corrected chi connectivity index (χ1v) is 8.09. The molecule has 2 rings (SSSR count). The first-order chi connectivity index (χ1) is 6.23. The van der Waals surface area contributed by atoms with Gasteiger partial charge in [0.05, 0.1) is 0 Å². The molecule has 0 nitrogen and oxygen atoms in total. The summed E-state index contributed by atoms with van der Waals surface area (Å²) < 4.78 is 2.03. The average Bonchev–Trinajstić information content (AvgIpc) is 2.50. The minimum absolute atomic E-state index is 0.685. The molecule has 0 radical (unpaired) electrons. The van der Waals surface area contributed by atoms with Crippen molar-refractivity contribution in [3.05, 3.63) is 0 Å². The molecule has 0 aromatic rings. The maximum absolute atomic E-state index is 2.76. The van der Waals surface area contributed by atoms with Gasteiger partial charge in [0.1, 0.15) is 0 Å². The van der Waals surface area contributed by atoms with Crippen molar-refractivity contribution in [1.82, 2.24) is 0 Å². The molecule has 2 aliphatic rings. The van der Waals surface area contributed by atoms with E-state index < -0.39 is 0 Å². The molecule has 0 heterocycles. The molecule has 0 saturated heterocycles. The standard InChI is InChI=1S/C11H18I2/c12-7-6-11(13)5-4-9-2-1-3-10(9)8-11/h9-10H,1-8H2. The van der Waals surface area contributed by atoms with Crippen LogP contribution in [0.15, 0.2) is 0 Å². The van der Waals surface area contributed by atoms with Crippen LogP contribution in [0.5, 0.6) is 0 Å². The summed E-state index contributed by atoms with van der Waals surface area (Å²) >= 11 is 5.30. The van der Waals surface area contributed by atoms with E-state index in [1.165, 1.54) is 43.0 Å². The van der Waals surface area contributed by atoms with Gasteiger partial charge in [-0.2, -0.15) is 0 Å². The molecule has 2 saturated carbocycles. The predicted octanol–water partition coefficient (Wildman–Crippen LogP) is 4.59. The van der Waals surface area contributed by atoms with Crippen LogP contribution >= 0.6 is 45.2 Å². The van der Waals surface area contributed by atoms with E-state index in [1.54, 1.807) is 6.42 Å². The maximum atomic E-state index is 2.76. The van der Waals surface area contributed by atoms with E-state index >= 15 is 0 Å². The van der Waals surface area contributed by atoms with Crippen LogP contribution in [0.4, 0.5) is 0 Å². The molecule has 0 bridgehead atoms. The third-order valence-electron chi connectivity index (χ3n) is 3.95. The fourth-order valence-electron chi connectivity index (χ4n) is 3.17. The molecule has 0 amide bonds. The Hall–Kier alpha value is 1.46. The molecule has 13 heavy (non-hydrogen) atoms. The topological polar surface area (TPSA) is 0 Å². The molecule has 0 aromatic heterocycles. The zero-order valence-corrected chi connectivity index (χ0v) is 12.4. The Balaban J connectivity index is 1.95. The average molecular weight is 404 g/mol. The van der Waals surface area contributed by atoms with Gasteiger partial charge in [-0.1, -0.05) is 64.4 Å². The van der Waals surface area contributed by atoms with Gasteiger partial charge >= 0.3 is 0 Å². The number of rotatable bonds is 2. The van der Waals surface area contributed by atoms with E-state index in [2.05, 4.69) is 45.2 Å². The fourth-order valence-corrected chi connectivity index (χ4v) is 6.39. The summed E-state index contributed by atoms with van der Waals surface area (Å²) in [5, 5.41) is 0. The highest BCUT2D eigenvalue weighted by atomic mass is 127. The first-order valence-electron chi connectivity index (χ1n) is 5.48. The summed E-state index contributed by atoms with van der Waals surface area (Å²) in [6.07, 6.45) is 10.6. The lowest BCUT2D eigenvalue weighted by Gasteiger charge is -2.38. The zero-order valence-electron chi connectivity index (χ0n) is 8.07. The Morgan fingerprint density at radius 3 is 2.69 bits per heavy atom. The normalized spacial score (nSPS) is 44.8. The molecule has 0 spiro atoms. The molecular formula is C11H18I2. The van der Waals surface area contributed by atoms with Gasteiger partial charge in [0.15, 0.2) is 0 Å². The summed E-state index contributed by atoms with van der Waals surface area (Å²) in [5.74, 6) is 2.23. The number of fused-ring (bicyclic) bond motifs is 1. The highest BCUT2D eigenvalue weighted by molar-refractivity contribution is 14.1. The minimum Gasteiger partial charge on any atom is -0.0863 e. The van der Waals surface area contributed by atoms with Crippen molar-refractivity contribution in [2.45, 2.75) is 48.4 Å². The Morgan fingerprint density at radius 1 is 1.15 bits per heavy atom. The van der Waals surface area contributed by atoms with Crippen LogP contribution in [0.1, 0.15) is 44.9 Å². The van der Waals surface area contributed by atoms with E-state index in [1.807, 2.05) is 0 Å². The SMILES string of the molecule is ICCC1(I)CCC2CCCC2C1. The van der Waals surface area contributed by atoms with Crippen LogP contribution in [0.2, 0.25) is 0 Å². The number of halogens is 2. The van der Waals surface area contributed by atoms with E-state index in [0.29, 0.717) is 3.42 Å². The quantitative estimate of drug-likeness (QED) is 0.467. The molecule has 0 aliphatic heterocycles. The number of hydrogen-bond acceptors (Lipinski definition) is 0. The number of hydrogen-bond donors (Lipinski definition) is 0. The van der Waals surface area contributed by atoms with Gasteiger partial charge in [0.25, 0.3) is 0 Å². The third-order valence-corrected chi connectivity index (χ3v) is 6.01. The van der Waals surface area contributed by atoms with E-state index in [0.717, 1.165) is 11.8 Å². The minimum atomic E-state index is 0.685. The first kappa shape index (κ1) is 11.0. The van der Waals surface area contributed by atoms with Gasteiger partial charge in [-0.05, 0) is 37.5 Å². The van der Waals surface area contributed by atoms with Crippen molar-refractivity contribution in [1.29, 1.82) is 0 Å². The Bertz CT molecular complexity index is 181. The second-order valence-electron chi connectivity index (χ2n) is 4.78. The van der Waals surface area contributed by atoms with E-state index in [9.17, 15) is 0 Å². The van der Waals surface area contributed by atoms with Gasteiger partial charge in [-0.25, -0.2) is 0 Å². The second-order valence-corrected chi connectivity index (χ2v) is 8.15. The van der Waals surface area contributed by atoms with Crippen LogP contribution in [0, 0.1) is 11.8 Å². The fraction of sp³-hybridized carbons (Fsp3) is 1.00. The van der Waals surface area contributed by atoms with Crippen molar-refractivity contribution >= 4 is 45.2 Å². The highest BCUT2D eigenvalue weighted by Gasteiger charge is 2.40. The van der Waals surface area contributed by atoms with Gasteiger partial charge in [0, 0.05) is 7.85 Å². The Morgan fingerprint density at radius 2 is 1.92 bits per heavy atom. The van der Waals surface area contributed by atoms with Gasteiger partial charge in [-0.3, -0.25) is 0 Å². The summed E-state index contributed by atoms with van der Waals surface area (Å²) in [7, 11) is 0. The van der Waals surface area contributed by atoms with E-state index in [-0.39, 0.29) is 0 Å². The lowest BCUT2D eigenvalue weighted by Crippen LogP contribution is -2.32. The van der Waals surface area contributed by atoms with Crippen LogP contribution in [0.3, 0.4) is 0 Å². The van der Waals surface area contributed by atoms with E-state index in [4.69, 9.17) is 0 Å². The Kier molecular flexibility index (Phi) is 3.83. The molecular weight excluding hydrogens is 386 g/mol. The molecule has 0 aromatic carbocycles. The Labute approximate surface area is 109 Å². The molecule has 76 valence electrons. The molecule has 2 heteroatoms. The van der Waals surface area contributed by atoms with Crippen molar-refractivity contribution in [2.75, 3.05) is 4.43 Å². The lowest BCUT2D eigenvalue weighted by atomic mass is 9.75. The second kappa shape index (κ2) is 4.54. The zero-order chi connectivity index (χ0) is 9.31. The summed E-state index contributed by atoms with van der Waals surface area (Å²) in [5.41, 5.74) is 0. The van der Waals surface area contributed by atoms with Gasteiger partial charge in [0.2, 0.25) is 0 Å². The van der Waals surface area contributed by atoms with Crippen molar-refractivity contribution in [3.8, 4) is 0 Å². The number of alkyl halides is 2. The monoisotopic (exact) mass is 404 g/mol. The smallest absolute Gasteiger partial charge is 0.0232 e. The van der Waals surface area contributed by atoms with Crippen LogP contribution in [-0.2, 0) is 0 Å². The largest absolute Gasteiger partial charge is 0.0863 e. The molecule has 0 N–H and O–H groups in total. The van der Waals surface area contributed by atoms with Gasteiger partial charge in [-0.15, -0.1) is 0 Å². The van der Waals surface area contributed by atoms with Gasteiger partial charge < -0.3 is 0 Å². The third kappa shape index (κ3) is 2.52. The molecule has 2 aliphatic carbocycles. The van der Waals surface area contributed by atoms with Crippen LogP contribution in [-0.4, -0.2) is 7.85 Å². The highest BCUT2D eigenvalue weighted by Crippen LogP contribution is 2.50. The predicted molar refractivity (Wildman–Crippen MR) is 74.9 cm³/mol. The van der Waals surface area contributed by atoms with Crippen LogP contribution < -0.4 is 0 Å². The molecule has 2 fully saturated rings. The summed E-state index contributed by atoms with van der Waals surface area (Å²) in [6, 6.07) is 0. The van der Waals surface area contributed by atoms with Crippen molar-refractivity contribution in [3.63, 3.8) is 0 Å². The molecule has 3 unspecified atom stereocenters. The van der Waals surface area contributed by atoms with Crippen LogP contribution in [0.25, 0.3) is 0 Å². The van der Waals surface area contributed by atoms with Crippen molar-refractivity contribution < 1.29 is 0 Å². The lowest BCUT2D eigenvalue weighted by molar-refractivity contribution is 0.238. The molecule has 3 atom stereocenters.